The molecule has 1 atom stereocenters. The van der Waals surface area contributed by atoms with E-state index in [-0.39, 0.29) is 0 Å². The van der Waals surface area contributed by atoms with Crippen LogP contribution < -0.4 is 4.74 Å². The summed E-state index contributed by atoms with van der Waals surface area (Å²) in [4.78, 5) is 2.29. The van der Waals surface area contributed by atoms with Gasteiger partial charge in [0.05, 0.1) is 26.4 Å². The van der Waals surface area contributed by atoms with Crippen molar-refractivity contribution >= 4 is 0 Å². The summed E-state index contributed by atoms with van der Waals surface area (Å²) in [5, 5.41) is 9.92. The molecule has 1 heterocycles. The van der Waals surface area contributed by atoms with E-state index in [4.69, 9.17) is 9.47 Å². The molecule has 0 aliphatic carbocycles. The highest BCUT2D eigenvalue weighted by Gasteiger charge is 2.15. The van der Waals surface area contributed by atoms with Gasteiger partial charge in [-0.15, -0.1) is 0 Å². The maximum absolute atomic E-state index is 9.92. The first-order valence-corrected chi connectivity index (χ1v) is 6.89. The summed E-state index contributed by atoms with van der Waals surface area (Å²) >= 11 is 0. The van der Waals surface area contributed by atoms with E-state index in [0.717, 1.165) is 24.4 Å². The van der Waals surface area contributed by atoms with Gasteiger partial charge < -0.3 is 19.5 Å². The molecule has 0 spiro atoms. The fourth-order valence-electron chi connectivity index (χ4n) is 2.44. The number of aliphatic hydroxyl groups is 1. The molecule has 1 aliphatic rings. The van der Waals surface area contributed by atoms with Gasteiger partial charge in [0.15, 0.2) is 0 Å². The first-order chi connectivity index (χ1) is 9.29. The number of likely N-dealkylation sites (tertiary alicyclic amines) is 1. The molecule has 0 saturated carbocycles. The van der Waals surface area contributed by atoms with E-state index in [0.29, 0.717) is 19.8 Å². The Morgan fingerprint density at radius 2 is 2.00 bits per heavy atom. The molecular formula is C15H23NO3. The van der Waals surface area contributed by atoms with E-state index in [1.54, 1.807) is 7.11 Å². The molecule has 1 N–H and O–H groups in total. The topological polar surface area (TPSA) is 41.9 Å². The molecule has 0 bridgehead atoms. The van der Waals surface area contributed by atoms with Crippen molar-refractivity contribution < 1.29 is 14.6 Å². The van der Waals surface area contributed by atoms with E-state index in [9.17, 15) is 5.11 Å². The van der Waals surface area contributed by atoms with Gasteiger partial charge in [0.25, 0.3) is 0 Å². The van der Waals surface area contributed by atoms with Gasteiger partial charge in [0.1, 0.15) is 5.75 Å². The Morgan fingerprint density at radius 3 is 2.74 bits per heavy atom. The van der Waals surface area contributed by atoms with Crippen LogP contribution in [0.5, 0.6) is 5.75 Å². The molecule has 106 valence electrons. The molecule has 1 aromatic carbocycles. The Hall–Kier alpha value is -1.10. The smallest absolute Gasteiger partial charge is 0.124 e. The minimum Gasteiger partial charge on any atom is -0.496 e. The summed E-state index contributed by atoms with van der Waals surface area (Å²) in [6.07, 6.45) is 2.08. The zero-order chi connectivity index (χ0) is 13.5. The largest absolute Gasteiger partial charge is 0.496 e. The second kappa shape index (κ2) is 7.48. The lowest BCUT2D eigenvalue weighted by molar-refractivity contribution is 0.0129. The Balaban J connectivity index is 1.70. The zero-order valence-corrected chi connectivity index (χ0v) is 11.5. The second-order valence-corrected chi connectivity index (χ2v) is 4.99. The van der Waals surface area contributed by atoms with Crippen LogP contribution >= 0.6 is 0 Å². The van der Waals surface area contributed by atoms with Crippen molar-refractivity contribution in [3.63, 3.8) is 0 Å². The van der Waals surface area contributed by atoms with Gasteiger partial charge in [-0.05, 0) is 32.0 Å². The van der Waals surface area contributed by atoms with Crippen molar-refractivity contribution in [1.29, 1.82) is 0 Å². The van der Waals surface area contributed by atoms with Crippen LogP contribution in [0.1, 0.15) is 18.4 Å². The number of benzene rings is 1. The van der Waals surface area contributed by atoms with Crippen LogP contribution in [-0.4, -0.2) is 49.5 Å². The summed E-state index contributed by atoms with van der Waals surface area (Å²) < 4.78 is 10.8. The summed E-state index contributed by atoms with van der Waals surface area (Å²) in [7, 11) is 1.65. The van der Waals surface area contributed by atoms with Crippen LogP contribution in [0.4, 0.5) is 0 Å². The first kappa shape index (κ1) is 14.3. The van der Waals surface area contributed by atoms with Gasteiger partial charge >= 0.3 is 0 Å². The quantitative estimate of drug-likeness (QED) is 0.814. The maximum atomic E-state index is 9.92. The number of rotatable bonds is 7. The normalized spacial score (nSPS) is 17.6. The van der Waals surface area contributed by atoms with Gasteiger partial charge in [-0.25, -0.2) is 0 Å². The molecule has 1 aromatic rings. The van der Waals surface area contributed by atoms with E-state index in [1.165, 1.54) is 12.8 Å². The Labute approximate surface area is 114 Å². The van der Waals surface area contributed by atoms with Crippen molar-refractivity contribution in [2.24, 2.45) is 0 Å². The summed E-state index contributed by atoms with van der Waals surface area (Å²) in [6, 6.07) is 7.79. The standard InChI is InChI=1S/C15H23NO3/c1-18-15-7-3-2-6-13(15)11-19-12-14(17)10-16-8-4-5-9-16/h2-3,6-7,14,17H,4-5,8-12H2,1H3/t14-/m0/s1. The predicted octanol–water partition coefficient (Wildman–Crippen LogP) is 1.67. The van der Waals surface area contributed by atoms with Crippen LogP contribution in [0.3, 0.4) is 0 Å². The molecule has 0 unspecified atom stereocenters. The maximum Gasteiger partial charge on any atom is 0.124 e. The minimum absolute atomic E-state index is 0.370. The van der Waals surface area contributed by atoms with Crippen LogP contribution in [-0.2, 0) is 11.3 Å². The summed E-state index contributed by atoms with van der Waals surface area (Å²) in [6.45, 7) is 3.76. The molecule has 4 heteroatoms. The lowest BCUT2D eigenvalue weighted by Crippen LogP contribution is -2.32. The average Bonchev–Trinajstić information content (AvgIpc) is 2.92. The third-order valence-electron chi connectivity index (χ3n) is 3.43. The molecule has 0 radical (unpaired) electrons. The highest BCUT2D eigenvalue weighted by atomic mass is 16.5. The molecule has 0 amide bonds. The second-order valence-electron chi connectivity index (χ2n) is 4.99. The van der Waals surface area contributed by atoms with Crippen LogP contribution in [0, 0.1) is 0 Å². The molecule has 0 aromatic heterocycles. The first-order valence-electron chi connectivity index (χ1n) is 6.89. The summed E-state index contributed by atoms with van der Waals surface area (Å²) in [5.41, 5.74) is 1.01. The molecule has 4 nitrogen and oxygen atoms in total. The number of β-amino-alcohol motifs (C(OH)–C–C–N with tert-alkyl or cyclic N) is 1. The number of ether oxygens (including phenoxy) is 2. The number of para-hydroxylation sites is 1. The number of nitrogens with zero attached hydrogens (tertiary/aromatic N) is 1. The van der Waals surface area contributed by atoms with Crippen molar-refractivity contribution in [3.05, 3.63) is 29.8 Å². The Bertz CT molecular complexity index is 377. The number of hydrogen-bond acceptors (Lipinski definition) is 4. The number of methoxy groups -OCH3 is 1. The monoisotopic (exact) mass is 265 g/mol. The zero-order valence-electron chi connectivity index (χ0n) is 11.5. The predicted molar refractivity (Wildman–Crippen MR) is 74.3 cm³/mol. The minimum atomic E-state index is -0.409. The van der Waals surface area contributed by atoms with Crippen LogP contribution in [0.15, 0.2) is 24.3 Å². The van der Waals surface area contributed by atoms with Gasteiger partial charge in [-0.1, -0.05) is 18.2 Å². The van der Waals surface area contributed by atoms with E-state index >= 15 is 0 Å². The van der Waals surface area contributed by atoms with Crippen molar-refractivity contribution in [3.8, 4) is 5.75 Å². The molecule has 1 aliphatic heterocycles. The van der Waals surface area contributed by atoms with Crippen LogP contribution in [0.25, 0.3) is 0 Å². The number of hydrogen-bond donors (Lipinski definition) is 1. The van der Waals surface area contributed by atoms with E-state index in [2.05, 4.69) is 4.90 Å². The van der Waals surface area contributed by atoms with E-state index in [1.807, 2.05) is 24.3 Å². The van der Waals surface area contributed by atoms with Gasteiger partial charge in [0.2, 0.25) is 0 Å². The third kappa shape index (κ3) is 4.49. The van der Waals surface area contributed by atoms with Crippen LogP contribution in [0.2, 0.25) is 0 Å². The van der Waals surface area contributed by atoms with Gasteiger partial charge in [-0.3, -0.25) is 0 Å². The summed E-state index contributed by atoms with van der Waals surface area (Å²) in [5.74, 6) is 0.830. The lowest BCUT2D eigenvalue weighted by Gasteiger charge is -2.19. The van der Waals surface area contributed by atoms with Crippen molar-refractivity contribution in [2.75, 3.05) is 33.4 Å². The fourth-order valence-corrected chi connectivity index (χ4v) is 2.44. The molecular weight excluding hydrogens is 242 g/mol. The average molecular weight is 265 g/mol. The molecule has 2 rings (SSSR count). The SMILES string of the molecule is COc1ccccc1COC[C@@H](O)CN1CCCC1. The third-order valence-corrected chi connectivity index (χ3v) is 3.43. The number of aliphatic hydroxyl groups excluding tert-OH is 1. The van der Waals surface area contributed by atoms with Crippen molar-refractivity contribution in [2.45, 2.75) is 25.6 Å². The highest BCUT2D eigenvalue weighted by Crippen LogP contribution is 2.18. The molecule has 1 fully saturated rings. The van der Waals surface area contributed by atoms with E-state index < -0.39 is 6.10 Å². The lowest BCUT2D eigenvalue weighted by atomic mass is 10.2. The Kier molecular flexibility index (Phi) is 5.63. The highest BCUT2D eigenvalue weighted by molar-refractivity contribution is 5.32. The molecule has 19 heavy (non-hydrogen) atoms. The van der Waals surface area contributed by atoms with Gasteiger partial charge in [0, 0.05) is 12.1 Å². The van der Waals surface area contributed by atoms with Crippen molar-refractivity contribution in [1.82, 2.24) is 4.90 Å². The molecule has 1 saturated heterocycles. The Morgan fingerprint density at radius 1 is 1.26 bits per heavy atom. The van der Waals surface area contributed by atoms with Gasteiger partial charge in [-0.2, -0.15) is 0 Å². The fraction of sp³-hybridized carbons (Fsp3) is 0.600.